The Morgan fingerprint density at radius 3 is 2.42 bits per heavy atom. The summed E-state index contributed by atoms with van der Waals surface area (Å²) in [7, 11) is 0. The average Bonchev–Trinajstić information content (AvgIpc) is 2.85. The molecule has 0 saturated heterocycles. The zero-order valence-corrected chi connectivity index (χ0v) is 20.4. The summed E-state index contributed by atoms with van der Waals surface area (Å²) >= 11 is 0. The molecule has 1 aliphatic carbocycles. The summed E-state index contributed by atoms with van der Waals surface area (Å²) < 4.78 is 0. The fourth-order valence-electron chi connectivity index (χ4n) is 5.77. The van der Waals surface area contributed by atoms with Gasteiger partial charge in [-0.2, -0.15) is 0 Å². The molecule has 0 heterocycles. The Morgan fingerprint density at radius 2 is 1.70 bits per heavy atom. The van der Waals surface area contributed by atoms with Crippen LogP contribution in [0, 0.1) is 18.3 Å². The summed E-state index contributed by atoms with van der Waals surface area (Å²) in [6.07, 6.45) is 12.8. The van der Waals surface area contributed by atoms with E-state index >= 15 is 0 Å². The quantitative estimate of drug-likeness (QED) is 0.353. The molecule has 0 aromatic heterocycles. The van der Waals surface area contributed by atoms with Crippen molar-refractivity contribution < 1.29 is 0 Å². The van der Waals surface area contributed by atoms with Gasteiger partial charge in [0.2, 0.25) is 0 Å². The fourth-order valence-corrected chi connectivity index (χ4v) is 5.77. The van der Waals surface area contributed by atoms with Gasteiger partial charge < -0.3 is 5.73 Å². The smallest absolute Gasteiger partial charge is 0.0128 e. The van der Waals surface area contributed by atoms with E-state index in [1.807, 2.05) is 6.08 Å². The number of rotatable bonds is 8. The highest BCUT2D eigenvalue weighted by Crippen LogP contribution is 2.41. The number of fused-ring (bicyclic) bond motifs is 1. The Morgan fingerprint density at radius 1 is 1.00 bits per heavy atom. The highest BCUT2D eigenvalue weighted by molar-refractivity contribution is 5.83. The molecule has 2 atom stereocenters. The van der Waals surface area contributed by atoms with Gasteiger partial charge in [0.1, 0.15) is 0 Å². The molecular formula is C32H39N. The van der Waals surface area contributed by atoms with Gasteiger partial charge in [0.25, 0.3) is 0 Å². The fraction of sp³-hybridized carbons (Fsp3) is 0.375. The summed E-state index contributed by atoms with van der Waals surface area (Å²) in [5.41, 5.74) is 12.3. The first kappa shape index (κ1) is 23.5. The molecule has 3 aromatic carbocycles. The number of benzene rings is 3. The van der Waals surface area contributed by atoms with Crippen LogP contribution in [0.2, 0.25) is 0 Å². The first-order valence-corrected chi connectivity index (χ1v) is 12.6. The predicted octanol–water partition coefficient (Wildman–Crippen LogP) is 8.26. The Balaban J connectivity index is 1.67. The third-order valence-corrected chi connectivity index (χ3v) is 7.78. The lowest BCUT2D eigenvalue weighted by atomic mass is 9.66. The van der Waals surface area contributed by atoms with Crippen LogP contribution in [0.3, 0.4) is 0 Å². The van der Waals surface area contributed by atoms with Gasteiger partial charge in [-0.25, -0.2) is 0 Å². The molecular weight excluding hydrogens is 398 g/mol. The number of nitrogens with two attached hydrogens (primary N) is 1. The van der Waals surface area contributed by atoms with Gasteiger partial charge in [0, 0.05) is 6.04 Å². The van der Waals surface area contributed by atoms with Gasteiger partial charge in [0.15, 0.2) is 0 Å². The van der Waals surface area contributed by atoms with Crippen LogP contribution in [0.4, 0.5) is 0 Å². The van der Waals surface area contributed by atoms with Crippen molar-refractivity contribution in [3.8, 4) is 0 Å². The van der Waals surface area contributed by atoms with Gasteiger partial charge in [-0.3, -0.25) is 0 Å². The van der Waals surface area contributed by atoms with E-state index in [4.69, 9.17) is 5.73 Å². The second-order valence-corrected chi connectivity index (χ2v) is 10.4. The van der Waals surface area contributed by atoms with Gasteiger partial charge in [-0.1, -0.05) is 112 Å². The minimum absolute atomic E-state index is 0.0346. The summed E-state index contributed by atoms with van der Waals surface area (Å²) in [4.78, 5) is 0. The first-order chi connectivity index (χ1) is 16.0. The lowest BCUT2D eigenvalue weighted by Crippen LogP contribution is -2.47. The minimum atomic E-state index is -0.0346. The monoisotopic (exact) mass is 437 g/mol. The van der Waals surface area contributed by atoms with E-state index in [9.17, 15) is 0 Å². The maximum absolute atomic E-state index is 7.15. The highest BCUT2D eigenvalue weighted by Gasteiger charge is 2.37. The predicted molar refractivity (Wildman–Crippen MR) is 144 cm³/mol. The molecule has 1 nitrogen and oxygen atoms in total. The Hall–Kier alpha value is -2.64. The van der Waals surface area contributed by atoms with Gasteiger partial charge in [-0.15, -0.1) is 0 Å². The summed E-state index contributed by atoms with van der Waals surface area (Å²) in [5, 5.41) is 2.61. The molecule has 1 aliphatic rings. The van der Waals surface area contributed by atoms with Crippen molar-refractivity contribution in [2.75, 3.05) is 0 Å². The van der Waals surface area contributed by atoms with E-state index in [-0.39, 0.29) is 11.5 Å². The lowest BCUT2D eigenvalue weighted by Gasteiger charge is -2.42. The molecule has 2 N–H and O–H groups in total. The van der Waals surface area contributed by atoms with Crippen molar-refractivity contribution >= 4 is 16.8 Å². The van der Waals surface area contributed by atoms with Gasteiger partial charge in [0.05, 0.1) is 0 Å². The Kier molecular flexibility index (Phi) is 7.50. The van der Waals surface area contributed by atoms with E-state index < -0.39 is 0 Å². The highest BCUT2D eigenvalue weighted by atomic mass is 14.7. The molecule has 1 heteroatoms. The normalized spacial score (nSPS) is 18.1. The van der Waals surface area contributed by atoms with Crippen LogP contribution in [-0.4, -0.2) is 6.04 Å². The van der Waals surface area contributed by atoms with Crippen molar-refractivity contribution in [3.05, 3.63) is 102 Å². The van der Waals surface area contributed by atoms with E-state index in [1.165, 1.54) is 65.1 Å². The SMILES string of the molecule is C=C/C(=C\c1ccccc1C)CC(C)(Cc1ccc2ccccc2c1)C(N)C1CCCCC1. The van der Waals surface area contributed by atoms with Crippen LogP contribution >= 0.6 is 0 Å². The second kappa shape index (κ2) is 10.5. The third kappa shape index (κ3) is 5.65. The lowest BCUT2D eigenvalue weighted by molar-refractivity contribution is 0.158. The number of allylic oxidation sites excluding steroid dienone is 2. The zero-order chi connectivity index (χ0) is 23.3. The maximum Gasteiger partial charge on any atom is 0.0128 e. The van der Waals surface area contributed by atoms with Crippen molar-refractivity contribution in [1.82, 2.24) is 0 Å². The van der Waals surface area contributed by atoms with E-state index in [2.05, 4.69) is 93.2 Å². The molecule has 1 saturated carbocycles. The third-order valence-electron chi connectivity index (χ3n) is 7.78. The minimum Gasteiger partial charge on any atom is -0.327 e. The molecule has 0 bridgehead atoms. The van der Waals surface area contributed by atoms with Crippen LogP contribution in [0.5, 0.6) is 0 Å². The Bertz CT molecular complexity index is 1120. The van der Waals surface area contributed by atoms with E-state index in [0.717, 1.165) is 12.8 Å². The molecule has 172 valence electrons. The van der Waals surface area contributed by atoms with Crippen molar-refractivity contribution in [2.45, 2.75) is 64.8 Å². The molecule has 0 spiro atoms. The molecule has 33 heavy (non-hydrogen) atoms. The molecule has 0 radical (unpaired) electrons. The van der Waals surface area contributed by atoms with Crippen LogP contribution in [0.15, 0.2) is 85.0 Å². The number of hydrogen-bond acceptors (Lipinski definition) is 1. The number of aryl methyl sites for hydroxylation is 1. The first-order valence-electron chi connectivity index (χ1n) is 12.6. The second-order valence-electron chi connectivity index (χ2n) is 10.4. The topological polar surface area (TPSA) is 26.0 Å². The maximum atomic E-state index is 7.15. The summed E-state index contributed by atoms with van der Waals surface area (Å²) in [5.74, 6) is 0.605. The van der Waals surface area contributed by atoms with Gasteiger partial charge in [-0.05, 0) is 77.0 Å². The van der Waals surface area contributed by atoms with Crippen LogP contribution < -0.4 is 5.73 Å². The molecule has 4 rings (SSSR count). The van der Waals surface area contributed by atoms with Crippen LogP contribution in [-0.2, 0) is 6.42 Å². The summed E-state index contributed by atoms with van der Waals surface area (Å²) in [6.45, 7) is 8.77. The van der Waals surface area contributed by atoms with Crippen molar-refractivity contribution in [2.24, 2.45) is 17.1 Å². The molecule has 3 aromatic rings. The van der Waals surface area contributed by atoms with Crippen molar-refractivity contribution in [1.29, 1.82) is 0 Å². The van der Waals surface area contributed by atoms with E-state index in [1.54, 1.807) is 0 Å². The molecule has 0 amide bonds. The van der Waals surface area contributed by atoms with Gasteiger partial charge >= 0.3 is 0 Å². The van der Waals surface area contributed by atoms with E-state index in [0.29, 0.717) is 5.92 Å². The zero-order valence-electron chi connectivity index (χ0n) is 20.4. The van der Waals surface area contributed by atoms with Crippen LogP contribution in [0.1, 0.15) is 62.1 Å². The average molecular weight is 438 g/mol. The van der Waals surface area contributed by atoms with Crippen molar-refractivity contribution in [3.63, 3.8) is 0 Å². The molecule has 1 fully saturated rings. The molecule has 0 aliphatic heterocycles. The Labute approximate surface area is 200 Å². The summed E-state index contributed by atoms with van der Waals surface area (Å²) in [6, 6.07) is 24.3. The standard InChI is InChI=1S/C32H39N/c1-4-25(20-29-16-9-8-12-24(29)2)22-32(3,31(33)28-14-6-5-7-15-28)23-26-18-19-27-13-10-11-17-30(27)21-26/h4,8-13,16-21,28,31H,1,5-7,14-15,22-23,33H2,2-3H3/b25-20+. The largest absolute Gasteiger partial charge is 0.327 e. The van der Waals surface area contributed by atoms with Crippen LogP contribution in [0.25, 0.3) is 16.8 Å². The number of hydrogen-bond donors (Lipinski definition) is 1. The molecule has 2 unspecified atom stereocenters.